The third kappa shape index (κ3) is 15.6. The molecular formula is C52H81N5O13. The number of amides is 2. The van der Waals surface area contributed by atoms with E-state index in [0.29, 0.717) is 37.2 Å². The Balaban J connectivity index is 1.64. The van der Waals surface area contributed by atoms with E-state index < -0.39 is 88.4 Å². The average molecular weight is 984 g/mol. The maximum absolute atomic E-state index is 13.8. The van der Waals surface area contributed by atoms with E-state index in [0.717, 1.165) is 29.9 Å². The van der Waals surface area contributed by atoms with Crippen LogP contribution in [0.5, 0.6) is 11.6 Å². The first-order valence-electron chi connectivity index (χ1n) is 24.4. The van der Waals surface area contributed by atoms with E-state index in [1.807, 2.05) is 39.0 Å². The van der Waals surface area contributed by atoms with Gasteiger partial charge >= 0.3 is 23.9 Å². The predicted molar refractivity (Wildman–Crippen MR) is 261 cm³/mol. The Labute approximate surface area is 414 Å². The van der Waals surface area contributed by atoms with Crippen molar-refractivity contribution >= 4 is 35.7 Å². The second kappa shape index (κ2) is 22.9. The SMILES string of the molecule is Cc1cc(OCCCC(=O)NC(C)(C)C(=O)N2CCNCC2)ccc1Cc1c(O[C@@H]2O[C@H](COC(=O)C(C)(C)C)[C@@H](OC(=O)C(C)(C)C)[C@H](OC(=O)C(C)(C)C)[C@H]2OC(=O)C(C)(C)C)n[nH]c1C(C)C. The number of carbonyl (C=O) groups excluding carboxylic acids is 6. The van der Waals surface area contributed by atoms with Crippen molar-refractivity contribution in [3.63, 3.8) is 0 Å². The number of rotatable bonds is 17. The molecule has 18 heteroatoms. The zero-order chi connectivity index (χ0) is 52.7. The maximum Gasteiger partial charge on any atom is 0.311 e. The molecule has 70 heavy (non-hydrogen) atoms. The number of aryl methyl sites for hydroxylation is 1. The number of nitrogens with one attached hydrogen (secondary N) is 3. The first-order valence-corrected chi connectivity index (χ1v) is 24.4. The molecular weight excluding hydrogens is 903 g/mol. The highest BCUT2D eigenvalue weighted by Crippen LogP contribution is 2.37. The number of esters is 4. The van der Waals surface area contributed by atoms with Gasteiger partial charge in [-0.3, -0.25) is 33.9 Å². The standard InChI is InChI=1S/C52H81N5O13/c1-30(2)37-34(28-32-20-21-33(27-31(32)3)64-26-18-19-36(58)54-52(16,17)43(59)57-24-22-53-23-25-57)41(56-55-37)70-42-40(69-47(63)51(13,14)15)39(68-46(62)50(10,11)12)38(67-45(61)49(7,8)9)35(66-42)29-65-44(60)48(4,5)6/h20-21,27,30,35,38-40,42,53H,18-19,22-26,28-29H2,1-17H3,(H,54,58)(H,55,56)/t35-,38-,39+,40-,42+/m1/s1. The molecule has 392 valence electrons. The van der Waals surface area contributed by atoms with Crippen molar-refractivity contribution in [2.24, 2.45) is 21.7 Å². The highest BCUT2D eigenvalue weighted by Gasteiger charge is 2.56. The summed E-state index contributed by atoms with van der Waals surface area (Å²) in [5, 5.41) is 13.8. The van der Waals surface area contributed by atoms with Gasteiger partial charge in [0, 0.05) is 50.3 Å². The summed E-state index contributed by atoms with van der Waals surface area (Å²) in [6.45, 7) is 31.9. The Morgan fingerprint density at radius 2 is 1.31 bits per heavy atom. The van der Waals surface area contributed by atoms with Crippen LogP contribution in [-0.4, -0.2) is 126 Å². The lowest BCUT2D eigenvalue weighted by molar-refractivity contribution is -0.294. The summed E-state index contributed by atoms with van der Waals surface area (Å²) < 4.78 is 43.6. The molecule has 0 aliphatic carbocycles. The van der Waals surface area contributed by atoms with Crippen molar-refractivity contribution in [1.29, 1.82) is 0 Å². The minimum Gasteiger partial charge on any atom is -0.494 e. The summed E-state index contributed by atoms with van der Waals surface area (Å²) >= 11 is 0. The summed E-state index contributed by atoms with van der Waals surface area (Å²) in [6.07, 6.45) is -6.32. The lowest BCUT2D eigenvalue weighted by Crippen LogP contribution is -2.65. The van der Waals surface area contributed by atoms with Gasteiger partial charge in [0.15, 0.2) is 12.2 Å². The molecule has 2 amide bonds. The molecule has 4 rings (SSSR count). The van der Waals surface area contributed by atoms with Gasteiger partial charge < -0.3 is 48.7 Å². The fourth-order valence-corrected chi connectivity index (χ4v) is 7.30. The second-order valence-electron chi connectivity index (χ2n) is 23.4. The quantitative estimate of drug-likeness (QED) is 0.0876. The molecule has 2 saturated heterocycles. The maximum atomic E-state index is 13.8. The molecule has 2 aromatic rings. The number of piperazine rings is 1. The van der Waals surface area contributed by atoms with Gasteiger partial charge in [-0.2, -0.15) is 0 Å². The number of H-pyrrole nitrogens is 1. The lowest BCUT2D eigenvalue weighted by atomic mass is 9.93. The van der Waals surface area contributed by atoms with Crippen LogP contribution in [0.15, 0.2) is 18.2 Å². The number of benzene rings is 1. The van der Waals surface area contributed by atoms with Crippen molar-refractivity contribution in [2.45, 2.75) is 179 Å². The summed E-state index contributed by atoms with van der Waals surface area (Å²) in [4.78, 5) is 82.2. The Kier molecular flexibility index (Phi) is 18.8. The Morgan fingerprint density at radius 1 is 0.771 bits per heavy atom. The number of hydrogen-bond donors (Lipinski definition) is 3. The largest absolute Gasteiger partial charge is 0.494 e. The minimum atomic E-state index is -1.54. The van der Waals surface area contributed by atoms with Gasteiger partial charge in [0.25, 0.3) is 0 Å². The van der Waals surface area contributed by atoms with Crippen LogP contribution < -0.4 is 20.1 Å². The van der Waals surface area contributed by atoms with Crippen LogP contribution in [-0.2, 0) is 58.9 Å². The smallest absolute Gasteiger partial charge is 0.311 e. The van der Waals surface area contributed by atoms with Gasteiger partial charge in [-0.05, 0) is 139 Å². The van der Waals surface area contributed by atoms with E-state index in [1.165, 1.54) is 0 Å². The summed E-state index contributed by atoms with van der Waals surface area (Å²) in [5.74, 6) is -2.28. The number of nitrogens with zero attached hydrogens (tertiary/aromatic N) is 2. The molecule has 0 spiro atoms. The van der Waals surface area contributed by atoms with Gasteiger partial charge in [0.05, 0.1) is 28.3 Å². The summed E-state index contributed by atoms with van der Waals surface area (Å²) in [5.41, 5.74) is -1.83. The normalized spacial score (nSPS) is 20.3. The van der Waals surface area contributed by atoms with Gasteiger partial charge in [0.1, 0.15) is 24.0 Å². The molecule has 18 nitrogen and oxygen atoms in total. The van der Waals surface area contributed by atoms with Crippen LogP contribution in [0.3, 0.4) is 0 Å². The van der Waals surface area contributed by atoms with E-state index >= 15 is 0 Å². The fourth-order valence-electron chi connectivity index (χ4n) is 7.30. The van der Waals surface area contributed by atoms with Crippen molar-refractivity contribution < 1.29 is 61.9 Å². The molecule has 2 fully saturated rings. The van der Waals surface area contributed by atoms with Crippen LogP contribution in [0.25, 0.3) is 0 Å². The third-order valence-corrected chi connectivity index (χ3v) is 11.7. The van der Waals surface area contributed by atoms with Gasteiger partial charge in [-0.1, -0.05) is 19.9 Å². The molecule has 0 unspecified atom stereocenters. The monoisotopic (exact) mass is 984 g/mol. The third-order valence-electron chi connectivity index (χ3n) is 11.7. The molecule has 1 aromatic carbocycles. The Bertz CT molecular complexity index is 2170. The van der Waals surface area contributed by atoms with E-state index in [1.54, 1.807) is 102 Å². The molecule has 3 N–H and O–H groups in total. The molecule has 0 saturated carbocycles. The number of aromatic nitrogens is 2. The first kappa shape index (κ1) is 57.3. The van der Waals surface area contributed by atoms with E-state index in [2.05, 4.69) is 20.8 Å². The molecule has 2 aliphatic heterocycles. The second-order valence-corrected chi connectivity index (χ2v) is 23.4. The lowest BCUT2D eigenvalue weighted by Gasteiger charge is -2.45. The van der Waals surface area contributed by atoms with Crippen molar-refractivity contribution in [2.75, 3.05) is 39.4 Å². The van der Waals surface area contributed by atoms with Crippen molar-refractivity contribution in [3.8, 4) is 11.6 Å². The van der Waals surface area contributed by atoms with E-state index in [-0.39, 0.29) is 36.6 Å². The van der Waals surface area contributed by atoms with Gasteiger partial charge in [-0.25, -0.2) is 0 Å². The van der Waals surface area contributed by atoms with E-state index in [9.17, 15) is 28.8 Å². The van der Waals surface area contributed by atoms with Crippen molar-refractivity contribution in [1.82, 2.24) is 25.7 Å². The summed E-state index contributed by atoms with van der Waals surface area (Å²) in [6, 6.07) is 5.68. The van der Waals surface area contributed by atoms with Crippen molar-refractivity contribution in [3.05, 3.63) is 40.6 Å². The topological polar surface area (TPSA) is 223 Å². The summed E-state index contributed by atoms with van der Waals surface area (Å²) in [7, 11) is 0. The van der Waals surface area contributed by atoms with Gasteiger partial charge in [0.2, 0.25) is 30.1 Å². The molecule has 3 heterocycles. The molecule has 2 aliphatic rings. The zero-order valence-electron chi connectivity index (χ0n) is 44.8. The number of carbonyl (C=O) groups is 6. The fraction of sp³-hybridized carbons (Fsp3) is 0.712. The highest BCUT2D eigenvalue weighted by molar-refractivity contribution is 5.91. The predicted octanol–water partition coefficient (Wildman–Crippen LogP) is 6.48. The number of hydrogen-bond acceptors (Lipinski definition) is 15. The van der Waals surface area contributed by atoms with Gasteiger partial charge in [-0.15, -0.1) is 5.10 Å². The van der Waals surface area contributed by atoms with Crippen LogP contribution in [0.2, 0.25) is 0 Å². The Morgan fingerprint density at radius 3 is 1.84 bits per heavy atom. The molecule has 0 bridgehead atoms. The Hall–Kier alpha value is -5.23. The molecule has 5 atom stereocenters. The molecule has 0 radical (unpaired) electrons. The van der Waals surface area contributed by atoms with Crippen LogP contribution >= 0.6 is 0 Å². The number of aromatic amines is 1. The van der Waals surface area contributed by atoms with Crippen LogP contribution in [0, 0.1) is 28.6 Å². The minimum absolute atomic E-state index is 0.0567. The number of ether oxygens (including phenoxy) is 7. The molecule has 1 aromatic heterocycles. The van der Waals surface area contributed by atoms with Crippen LogP contribution in [0.1, 0.15) is 152 Å². The van der Waals surface area contributed by atoms with E-state index in [4.69, 9.17) is 33.2 Å². The average Bonchev–Trinajstić information content (AvgIpc) is 3.64. The first-order chi connectivity index (χ1) is 32.2. The highest BCUT2D eigenvalue weighted by atomic mass is 16.7. The zero-order valence-corrected chi connectivity index (χ0v) is 44.8. The van der Waals surface area contributed by atoms with Crippen LogP contribution in [0.4, 0.5) is 0 Å².